The highest BCUT2D eigenvalue weighted by Gasteiger charge is 2.76. The number of hydrogen-bond donors (Lipinski definition) is 12. The number of carbonyl (C=O) groups is 3. The molecule has 12 N–H and O–H groups in total. The lowest BCUT2D eigenvalue weighted by atomic mass is 9.32. The quantitative estimate of drug-likeness (QED) is 0.0480. The molecule has 3 saturated heterocycles. The highest BCUT2D eigenvalue weighted by atomic mass is 16.8. The Morgan fingerprint density at radius 3 is 1.71 bits per heavy atom. The lowest BCUT2D eigenvalue weighted by Crippen LogP contribution is -2.76. The molecule has 0 aromatic rings. The third kappa shape index (κ3) is 9.76. The van der Waals surface area contributed by atoms with Gasteiger partial charge in [0.05, 0.1) is 43.5 Å². The maximum absolute atomic E-state index is 13.9. The first-order chi connectivity index (χ1) is 37.3. The highest BCUT2D eigenvalue weighted by molar-refractivity contribution is 5.89. The van der Waals surface area contributed by atoms with Crippen LogP contribution < -0.4 is 0 Å². The molecular weight excluding hydrogens is 1050 g/mol. The second-order valence-electron chi connectivity index (χ2n) is 26.0. The molecular formula is C57H88O23. The zero-order valence-electron chi connectivity index (χ0n) is 47.7. The van der Waals surface area contributed by atoms with Crippen LogP contribution in [0.3, 0.4) is 0 Å². The van der Waals surface area contributed by atoms with E-state index in [1.165, 1.54) is 0 Å². The first kappa shape index (κ1) is 63.0. The Kier molecular flexibility index (Phi) is 17.9. The molecule has 7 fully saturated rings. The molecule has 0 aromatic heterocycles. The predicted octanol–water partition coefficient (Wildman–Crippen LogP) is 0.263. The van der Waals surface area contributed by atoms with Crippen LogP contribution in [-0.2, 0) is 52.3 Å². The number of carboxylic acids is 1. The molecule has 3 heterocycles. The number of aliphatic hydroxyl groups excluding tert-OH is 11. The summed E-state index contributed by atoms with van der Waals surface area (Å²) in [5, 5.41) is 134. The fourth-order valence-corrected chi connectivity index (χ4v) is 16.2. The second kappa shape index (κ2) is 22.7. The van der Waals surface area contributed by atoms with Crippen LogP contribution in [0.5, 0.6) is 0 Å². The number of hydrogen-bond acceptors (Lipinski definition) is 22. The summed E-state index contributed by atoms with van der Waals surface area (Å²) in [5.74, 6) is -4.01. The smallest absolute Gasteiger partial charge is 0.335 e. The molecule has 0 aromatic carbocycles. The van der Waals surface area contributed by atoms with Gasteiger partial charge in [0.1, 0.15) is 67.1 Å². The Balaban J connectivity index is 1.14. The van der Waals surface area contributed by atoms with Gasteiger partial charge in [-0.2, -0.15) is 0 Å². The maximum Gasteiger partial charge on any atom is 0.335 e. The molecule has 4 saturated carbocycles. The van der Waals surface area contributed by atoms with Crippen LogP contribution in [0.2, 0.25) is 0 Å². The van der Waals surface area contributed by atoms with E-state index in [9.17, 15) is 75.7 Å². The van der Waals surface area contributed by atoms with Crippen LogP contribution in [0.15, 0.2) is 34.9 Å². The maximum atomic E-state index is 13.9. The fraction of sp³-hybridized carbons (Fsp3) is 0.842. The van der Waals surface area contributed by atoms with Gasteiger partial charge in [-0.15, -0.1) is 0 Å². The molecule has 0 bridgehead atoms. The number of carbonyl (C=O) groups excluding carboxylic acids is 2. The summed E-state index contributed by atoms with van der Waals surface area (Å²) in [6, 6.07) is 0. The van der Waals surface area contributed by atoms with E-state index in [1.807, 2.05) is 34.6 Å². The molecule has 0 spiro atoms. The van der Waals surface area contributed by atoms with E-state index >= 15 is 0 Å². The lowest BCUT2D eigenvalue weighted by molar-refractivity contribution is -0.386. The number of ether oxygens (including phenoxy) is 8. The summed E-state index contributed by atoms with van der Waals surface area (Å²) >= 11 is 0. The van der Waals surface area contributed by atoms with Crippen molar-refractivity contribution in [2.75, 3.05) is 19.8 Å². The van der Waals surface area contributed by atoms with Gasteiger partial charge in [-0.1, -0.05) is 72.3 Å². The lowest BCUT2D eigenvalue weighted by Gasteiger charge is -2.73. The minimum absolute atomic E-state index is 0.153. The number of carboxylic acid groups (broad SMARTS) is 1. The van der Waals surface area contributed by atoms with Gasteiger partial charge in [-0.25, -0.2) is 14.4 Å². The van der Waals surface area contributed by atoms with Gasteiger partial charge < -0.3 is 99.2 Å². The number of aliphatic carboxylic acids is 1. The van der Waals surface area contributed by atoms with Crippen molar-refractivity contribution in [3.8, 4) is 0 Å². The highest BCUT2D eigenvalue weighted by Crippen LogP contribution is 2.76. The molecule has 23 nitrogen and oxygen atoms in total. The van der Waals surface area contributed by atoms with Crippen molar-refractivity contribution in [3.63, 3.8) is 0 Å². The van der Waals surface area contributed by atoms with E-state index in [0.717, 1.165) is 5.57 Å². The number of rotatable bonds is 14. The summed E-state index contributed by atoms with van der Waals surface area (Å²) in [4.78, 5) is 40.3. The second-order valence-corrected chi connectivity index (χ2v) is 26.0. The molecule has 8 unspecified atom stereocenters. The van der Waals surface area contributed by atoms with Gasteiger partial charge in [0.15, 0.2) is 31.1 Å². The number of allylic oxidation sites excluding steroid dienone is 3. The minimum atomic E-state index is -2.13. The van der Waals surface area contributed by atoms with Crippen LogP contribution in [0.4, 0.5) is 0 Å². The van der Waals surface area contributed by atoms with Crippen LogP contribution in [0, 0.1) is 50.2 Å². The summed E-state index contributed by atoms with van der Waals surface area (Å²) in [5.41, 5.74) is -4.40. The zero-order chi connectivity index (χ0) is 59.3. The normalized spacial score (nSPS) is 49.0. The molecule has 23 heteroatoms. The molecule has 0 radical (unpaired) electrons. The Morgan fingerprint density at radius 1 is 0.637 bits per heavy atom. The number of fused-ring (bicyclic) bond motifs is 7. The predicted molar refractivity (Wildman–Crippen MR) is 277 cm³/mol. The Labute approximate surface area is 466 Å². The minimum Gasteiger partial charge on any atom is -0.479 e. The van der Waals surface area contributed by atoms with Crippen LogP contribution in [-0.4, -0.2) is 216 Å². The summed E-state index contributed by atoms with van der Waals surface area (Å²) in [7, 11) is 0. The van der Waals surface area contributed by atoms with Gasteiger partial charge >= 0.3 is 17.9 Å². The first-order valence-electron chi connectivity index (χ1n) is 28.1. The van der Waals surface area contributed by atoms with Crippen LogP contribution in [0.25, 0.3) is 0 Å². The molecule has 3 aliphatic heterocycles. The average molecular weight is 1140 g/mol. The van der Waals surface area contributed by atoms with Gasteiger partial charge in [0.2, 0.25) is 0 Å². The van der Waals surface area contributed by atoms with Gasteiger partial charge in [-0.05, 0) is 100 Å². The molecule has 5 aliphatic carbocycles. The monoisotopic (exact) mass is 1140 g/mol. The van der Waals surface area contributed by atoms with E-state index < -0.39 is 193 Å². The third-order valence-electron chi connectivity index (χ3n) is 21.4. The van der Waals surface area contributed by atoms with Crippen molar-refractivity contribution >= 4 is 17.9 Å². The van der Waals surface area contributed by atoms with Gasteiger partial charge in [-0.3, -0.25) is 0 Å². The van der Waals surface area contributed by atoms with E-state index in [0.29, 0.717) is 37.7 Å². The summed E-state index contributed by atoms with van der Waals surface area (Å²) in [6.45, 7) is 18.4. The first-order valence-corrected chi connectivity index (χ1v) is 28.1. The number of aliphatic hydroxyl groups is 11. The van der Waals surface area contributed by atoms with Crippen LogP contribution in [0.1, 0.15) is 115 Å². The topological polar surface area (TPSA) is 368 Å². The zero-order valence-corrected chi connectivity index (χ0v) is 47.7. The molecule has 0 amide bonds. The van der Waals surface area contributed by atoms with E-state index in [4.69, 9.17) is 37.9 Å². The summed E-state index contributed by atoms with van der Waals surface area (Å²) in [6.07, 6.45) is -24.0. The van der Waals surface area contributed by atoms with Gasteiger partial charge in [0.25, 0.3) is 0 Å². The van der Waals surface area contributed by atoms with E-state index in [-0.39, 0.29) is 23.8 Å². The van der Waals surface area contributed by atoms with E-state index in [1.54, 1.807) is 39.8 Å². The van der Waals surface area contributed by atoms with Crippen molar-refractivity contribution in [3.05, 3.63) is 34.9 Å². The SMILES string of the molecule is C/C=C(/C)C(=O)O[C@@H]1[C@H](OC(=O)/C(C)=C\C)C(C)(C)CC2C3=CCC4[C@@]5(C)CC[C@H](O[C@@H]6OC(C(=O)O)[C@H](O)[C@H](O[C@@H]7O[C@H](CO)C(O)[C@@H]7O)C6O[C@@H]6OC(CO)[C@H](O)[C@H](O)C6O)C(C)(C)C5CC[C@@]4(C)[C@]3(C)[C@@H](O)[C@@H](O)[C@]21CO. The largest absolute Gasteiger partial charge is 0.479 e. The average Bonchev–Trinajstić information content (AvgIpc) is 3.14. The van der Waals surface area contributed by atoms with Crippen molar-refractivity contribution in [2.24, 2.45) is 50.2 Å². The van der Waals surface area contributed by atoms with Crippen molar-refractivity contribution < 1.29 is 114 Å². The molecule has 80 heavy (non-hydrogen) atoms. The Morgan fingerprint density at radius 2 is 1.18 bits per heavy atom. The van der Waals surface area contributed by atoms with Crippen molar-refractivity contribution in [1.29, 1.82) is 0 Å². The third-order valence-corrected chi connectivity index (χ3v) is 21.4. The summed E-state index contributed by atoms with van der Waals surface area (Å²) < 4.78 is 49.0. The Bertz CT molecular complexity index is 2390. The molecule has 454 valence electrons. The molecule has 26 atom stereocenters. The van der Waals surface area contributed by atoms with Crippen molar-refractivity contribution in [1.82, 2.24) is 0 Å². The number of esters is 2. The molecule has 8 rings (SSSR count). The van der Waals surface area contributed by atoms with Gasteiger partial charge in [0, 0.05) is 22.0 Å². The van der Waals surface area contributed by atoms with Crippen molar-refractivity contribution in [2.45, 2.75) is 231 Å². The fourth-order valence-electron chi connectivity index (χ4n) is 16.2. The van der Waals surface area contributed by atoms with E-state index in [2.05, 4.69) is 19.9 Å². The Hall–Kier alpha value is -3.05. The standard InChI is InChI=1S/C57H88O23/c1-12-24(3)47(71)79-44-45(80-48(72)25(4)13-2)57(23-60)27(20-52(44,5)6)26-14-15-31-54(9)18-17-32(53(7,8)30(54)16-19-55(31,10)56(26,11)42(67)43(57)68)75-51-41(78-50-37(65)35(63)33(61)28(21-58)73-50)39(38(66)40(77-51)46(69)70)76-49-36(64)34(62)29(22-59)74-49/h12-14,27-45,49-51,58-68H,15-23H2,1-11H3,(H,69,70)/b24-12-,25-13-/t27?,28?,29-,30?,31?,32+,33+,34?,35+,36+,37?,38-,39+,40?,41?,42+,43-,44+,45-,49+,50+,51-,54+,55-,56+,57+/m1/s1. The van der Waals surface area contributed by atoms with Crippen LogP contribution >= 0.6 is 0 Å². The molecule has 8 aliphatic rings.